The van der Waals surface area contributed by atoms with E-state index in [0.29, 0.717) is 0 Å². The van der Waals surface area contributed by atoms with Crippen molar-refractivity contribution in [3.05, 3.63) is 30.3 Å². The van der Waals surface area contributed by atoms with Gasteiger partial charge in [0.15, 0.2) is 0 Å². The number of hydrogen-bond acceptors (Lipinski definition) is 4. The number of carbonyl (C=O) groups is 1. The van der Waals surface area contributed by atoms with Crippen molar-refractivity contribution in [3.63, 3.8) is 0 Å². The van der Waals surface area contributed by atoms with Crippen LogP contribution in [0, 0.1) is 0 Å². The van der Waals surface area contributed by atoms with Gasteiger partial charge in [0, 0.05) is 31.9 Å². The molecule has 0 amide bonds. The molecular weight excluding hydrogens is 250 g/mol. The Kier molecular flexibility index (Phi) is 6.54. The molecule has 1 saturated heterocycles. The van der Waals surface area contributed by atoms with Crippen molar-refractivity contribution >= 4 is 12.0 Å². The average molecular weight is 275 g/mol. The summed E-state index contributed by atoms with van der Waals surface area (Å²) in [5.74, 6) is 0. The summed E-state index contributed by atoms with van der Waals surface area (Å²) in [6.45, 7) is 5.66. The molecule has 1 atom stereocenters. The second-order valence-electron chi connectivity index (χ2n) is 5.34. The van der Waals surface area contributed by atoms with Crippen molar-refractivity contribution in [3.8, 4) is 0 Å². The second-order valence-corrected chi connectivity index (χ2v) is 5.34. The number of piperazine rings is 1. The smallest absolute Gasteiger partial charge is 0.142 e. The molecule has 4 heteroatoms. The Bertz CT molecular complexity index is 377. The molecule has 1 heterocycles. The summed E-state index contributed by atoms with van der Waals surface area (Å²) in [7, 11) is 0. The highest BCUT2D eigenvalue weighted by Gasteiger charge is 2.10. The number of unbranched alkanes of at least 4 members (excludes halogenated alkanes) is 1. The molecule has 2 rings (SSSR count). The van der Waals surface area contributed by atoms with Gasteiger partial charge in [0.25, 0.3) is 0 Å². The minimum absolute atomic E-state index is 0.0691. The van der Waals surface area contributed by atoms with Crippen molar-refractivity contribution in [2.75, 3.05) is 38.0 Å². The van der Waals surface area contributed by atoms with Crippen molar-refractivity contribution in [2.45, 2.75) is 25.3 Å². The van der Waals surface area contributed by atoms with Crippen LogP contribution < -0.4 is 10.6 Å². The summed E-state index contributed by atoms with van der Waals surface area (Å²) in [5, 5.41) is 6.64. The molecule has 1 fully saturated rings. The Morgan fingerprint density at radius 3 is 2.65 bits per heavy atom. The lowest BCUT2D eigenvalue weighted by Gasteiger charge is -2.27. The molecule has 0 bridgehead atoms. The summed E-state index contributed by atoms with van der Waals surface area (Å²) >= 11 is 0. The van der Waals surface area contributed by atoms with E-state index < -0.39 is 0 Å². The molecule has 0 aliphatic carbocycles. The molecule has 4 nitrogen and oxygen atoms in total. The maximum absolute atomic E-state index is 11.1. The van der Waals surface area contributed by atoms with Gasteiger partial charge in [0.1, 0.15) is 6.29 Å². The van der Waals surface area contributed by atoms with Gasteiger partial charge in [-0.3, -0.25) is 0 Å². The minimum atomic E-state index is -0.0691. The van der Waals surface area contributed by atoms with Gasteiger partial charge in [0.05, 0.1) is 6.04 Å². The zero-order valence-electron chi connectivity index (χ0n) is 12.1. The third kappa shape index (κ3) is 5.31. The normalized spacial score (nSPS) is 17.6. The molecule has 1 unspecified atom stereocenters. The number of anilines is 1. The molecule has 1 aromatic rings. The highest BCUT2D eigenvalue weighted by atomic mass is 16.1. The van der Waals surface area contributed by atoms with Crippen LogP contribution in [0.25, 0.3) is 0 Å². The van der Waals surface area contributed by atoms with Crippen LogP contribution in [0.5, 0.6) is 0 Å². The second kappa shape index (κ2) is 8.72. The SMILES string of the molecule is O=CC(CCCCN1CCNCC1)Nc1ccccc1. The highest BCUT2D eigenvalue weighted by molar-refractivity contribution is 5.64. The van der Waals surface area contributed by atoms with E-state index in [2.05, 4.69) is 15.5 Å². The standard InChI is InChI=1S/C16H25N3O/c20-14-16(18-15-6-2-1-3-7-15)8-4-5-11-19-12-9-17-10-13-19/h1-3,6-7,14,16-18H,4-5,8-13H2. The number of rotatable bonds is 8. The van der Waals surface area contributed by atoms with E-state index in [1.165, 1.54) is 6.42 Å². The van der Waals surface area contributed by atoms with Crippen LogP contribution in [0.15, 0.2) is 30.3 Å². The number of nitrogens with one attached hydrogen (secondary N) is 2. The number of aldehydes is 1. The maximum Gasteiger partial charge on any atom is 0.142 e. The lowest BCUT2D eigenvalue weighted by molar-refractivity contribution is -0.108. The Balaban J connectivity index is 1.62. The molecule has 0 spiro atoms. The fourth-order valence-electron chi connectivity index (χ4n) is 2.56. The summed E-state index contributed by atoms with van der Waals surface area (Å²) in [6, 6.07) is 9.87. The molecule has 110 valence electrons. The first-order valence-corrected chi connectivity index (χ1v) is 7.58. The van der Waals surface area contributed by atoms with E-state index in [1.54, 1.807) is 0 Å². The lowest BCUT2D eigenvalue weighted by atomic mass is 10.1. The van der Waals surface area contributed by atoms with Crippen LogP contribution in [0.1, 0.15) is 19.3 Å². The zero-order chi connectivity index (χ0) is 14.0. The fraction of sp³-hybridized carbons (Fsp3) is 0.562. The molecule has 2 N–H and O–H groups in total. The summed E-state index contributed by atoms with van der Waals surface area (Å²) in [4.78, 5) is 13.6. The topological polar surface area (TPSA) is 44.4 Å². The first-order valence-electron chi connectivity index (χ1n) is 7.58. The zero-order valence-corrected chi connectivity index (χ0v) is 12.1. The predicted octanol–water partition coefficient (Wildman–Crippen LogP) is 1.74. The molecule has 1 aliphatic rings. The van der Waals surface area contributed by atoms with E-state index in [4.69, 9.17) is 0 Å². The van der Waals surface area contributed by atoms with Crippen molar-refractivity contribution in [1.29, 1.82) is 0 Å². The van der Waals surface area contributed by atoms with E-state index in [0.717, 1.165) is 57.5 Å². The Morgan fingerprint density at radius 2 is 1.95 bits per heavy atom. The number of hydrogen-bond donors (Lipinski definition) is 2. The Labute approximate surface area is 121 Å². The van der Waals surface area contributed by atoms with Crippen LogP contribution in [-0.2, 0) is 4.79 Å². The number of para-hydroxylation sites is 1. The third-order valence-corrected chi connectivity index (χ3v) is 3.74. The largest absolute Gasteiger partial charge is 0.376 e. The third-order valence-electron chi connectivity index (χ3n) is 3.74. The Morgan fingerprint density at radius 1 is 1.20 bits per heavy atom. The van der Waals surface area contributed by atoms with Crippen molar-refractivity contribution in [1.82, 2.24) is 10.2 Å². The number of carbonyl (C=O) groups excluding carboxylic acids is 1. The first kappa shape index (κ1) is 15.0. The van der Waals surface area contributed by atoms with Gasteiger partial charge in [-0.2, -0.15) is 0 Å². The van der Waals surface area contributed by atoms with Gasteiger partial charge in [-0.1, -0.05) is 18.2 Å². The van der Waals surface area contributed by atoms with E-state index in [1.807, 2.05) is 30.3 Å². The number of nitrogens with zero attached hydrogens (tertiary/aromatic N) is 1. The Hall–Kier alpha value is -1.39. The van der Waals surface area contributed by atoms with Crippen molar-refractivity contribution in [2.24, 2.45) is 0 Å². The van der Waals surface area contributed by atoms with Crippen LogP contribution in [0.2, 0.25) is 0 Å². The quantitative estimate of drug-likeness (QED) is 0.560. The van der Waals surface area contributed by atoms with Gasteiger partial charge in [0.2, 0.25) is 0 Å². The van der Waals surface area contributed by atoms with Crippen LogP contribution in [0.3, 0.4) is 0 Å². The van der Waals surface area contributed by atoms with Gasteiger partial charge in [-0.25, -0.2) is 0 Å². The van der Waals surface area contributed by atoms with Gasteiger partial charge < -0.3 is 20.3 Å². The van der Waals surface area contributed by atoms with E-state index >= 15 is 0 Å². The summed E-state index contributed by atoms with van der Waals surface area (Å²) in [5.41, 5.74) is 1.02. The lowest BCUT2D eigenvalue weighted by Crippen LogP contribution is -2.43. The molecular formula is C16H25N3O. The molecule has 0 aromatic heterocycles. The first-order chi connectivity index (χ1) is 9.88. The fourth-order valence-corrected chi connectivity index (χ4v) is 2.56. The number of benzene rings is 1. The molecule has 1 aliphatic heterocycles. The highest BCUT2D eigenvalue weighted by Crippen LogP contribution is 2.10. The van der Waals surface area contributed by atoms with Gasteiger partial charge >= 0.3 is 0 Å². The van der Waals surface area contributed by atoms with Crippen LogP contribution >= 0.6 is 0 Å². The summed E-state index contributed by atoms with van der Waals surface area (Å²) < 4.78 is 0. The van der Waals surface area contributed by atoms with Gasteiger partial charge in [-0.15, -0.1) is 0 Å². The van der Waals surface area contributed by atoms with E-state index in [-0.39, 0.29) is 6.04 Å². The monoisotopic (exact) mass is 275 g/mol. The molecule has 0 radical (unpaired) electrons. The predicted molar refractivity (Wildman–Crippen MR) is 83.1 cm³/mol. The molecule has 0 saturated carbocycles. The summed E-state index contributed by atoms with van der Waals surface area (Å²) in [6.07, 6.45) is 4.19. The van der Waals surface area contributed by atoms with E-state index in [9.17, 15) is 4.79 Å². The van der Waals surface area contributed by atoms with Crippen LogP contribution in [0.4, 0.5) is 5.69 Å². The minimum Gasteiger partial charge on any atom is -0.376 e. The molecule has 20 heavy (non-hydrogen) atoms. The maximum atomic E-state index is 11.1. The van der Waals surface area contributed by atoms with Crippen molar-refractivity contribution < 1.29 is 4.79 Å². The molecule has 1 aromatic carbocycles. The van der Waals surface area contributed by atoms with Gasteiger partial charge in [-0.05, 0) is 37.9 Å². The van der Waals surface area contributed by atoms with Crippen LogP contribution in [-0.4, -0.2) is 50.0 Å². The average Bonchev–Trinajstić information content (AvgIpc) is 2.52.